The molecule has 0 aliphatic carbocycles. The van der Waals surface area contributed by atoms with Gasteiger partial charge in [0, 0.05) is 43.3 Å². The lowest BCUT2D eigenvalue weighted by Crippen LogP contribution is -2.49. The van der Waals surface area contributed by atoms with Gasteiger partial charge in [0.05, 0.1) is 14.7 Å². The Bertz CT molecular complexity index is 831. The van der Waals surface area contributed by atoms with E-state index in [0.717, 1.165) is 23.7 Å². The van der Waals surface area contributed by atoms with Crippen LogP contribution in [0, 0.1) is 17.0 Å². The van der Waals surface area contributed by atoms with Crippen LogP contribution in [0.5, 0.6) is 0 Å². The molecule has 26 heavy (non-hydrogen) atoms. The molecule has 1 saturated heterocycles. The summed E-state index contributed by atoms with van der Waals surface area (Å²) in [5.74, 6) is -0.128. The maximum atomic E-state index is 12.7. The summed E-state index contributed by atoms with van der Waals surface area (Å²) in [6.07, 6.45) is 0. The molecule has 1 atom stereocenters. The topological polar surface area (TPSA) is 66.7 Å². The van der Waals surface area contributed by atoms with Crippen LogP contribution in [0.3, 0.4) is 0 Å². The maximum Gasteiger partial charge on any atom is 0.283 e. The average molecular weight is 394 g/mol. The fourth-order valence-electron chi connectivity index (χ4n) is 3.24. The van der Waals surface area contributed by atoms with E-state index in [9.17, 15) is 14.9 Å². The molecule has 0 N–H and O–H groups in total. The fourth-order valence-corrected chi connectivity index (χ4v) is 4.49. The molecule has 1 aromatic carbocycles. The van der Waals surface area contributed by atoms with Crippen LogP contribution in [0.25, 0.3) is 0 Å². The first-order chi connectivity index (χ1) is 12.4. The van der Waals surface area contributed by atoms with Gasteiger partial charge in [-0.1, -0.05) is 29.8 Å². The van der Waals surface area contributed by atoms with E-state index < -0.39 is 4.92 Å². The Labute approximate surface area is 161 Å². The van der Waals surface area contributed by atoms with Gasteiger partial charge in [0.2, 0.25) is 0 Å². The van der Waals surface area contributed by atoms with E-state index in [1.807, 2.05) is 24.3 Å². The molecule has 2 aromatic rings. The minimum Gasteiger partial charge on any atom is -0.335 e. The maximum absolute atomic E-state index is 12.7. The molecule has 0 saturated carbocycles. The van der Waals surface area contributed by atoms with Gasteiger partial charge in [0.15, 0.2) is 0 Å². The SMILES string of the molecule is Cc1sc(C(=O)N2CCN(C(C)c3ccccc3Cl)CC2)cc1[N+](=O)[O-]. The Balaban J connectivity index is 1.65. The second-order valence-corrected chi connectivity index (χ2v) is 8.00. The van der Waals surface area contributed by atoms with Gasteiger partial charge in [-0.05, 0) is 25.5 Å². The number of nitrogens with zero attached hydrogens (tertiary/aromatic N) is 3. The van der Waals surface area contributed by atoms with Crippen molar-refractivity contribution in [2.75, 3.05) is 26.2 Å². The third-order valence-electron chi connectivity index (χ3n) is 4.80. The molecule has 6 nitrogen and oxygen atoms in total. The highest BCUT2D eigenvalue weighted by Gasteiger charge is 2.28. The van der Waals surface area contributed by atoms with Crippen LogP contribution in [0.4, 0.5) is 5.69 Å². The average Bonchev–Trinajstić information content (AvgIpc) is 3.03. The van der Waals surface area contributed by atoms with Crippen molar-refractivity contribution in [3.63, 3.8) is 0 Å². The second kappa shape index (κ2) is 7.73. The van der Waals surface area contributed by atoms with Crippen molar-refractivity contribution < 1.29 is 9.72 Å². The summed E-state index contributed by atoms with van der Waals surface area (Å²) in [5, 5.41) is 11.7. The summed E-state index contributed by atoms with van der Waals surface area (Å²) < 4.78 is 0. The van der Waals surface area contributed by atoms with Crippen molar-refractivity contribution in [2.45, 2.75) is 19.9 Å². The first kappa shape index (κ1) is 18.8. The number of rotatable bonds is 4. The molecule has 138 valence electrons. The molecule has 2 heterocycles. The Morgan fingerprint density at radius 2 is 1.92 bits per heavy atom. The molecule has 1 aliphatic heterocycles. The minimum atomic E-state index is -0.439. The lowest BCUT2D eigenvalue weighted by molar-refractivity contribution is -0.385. The van der Waals surface area contributed by atoms with E-state index in [2.05, 4.69) is 11.8 Å². The molecule has 1 aliphatic rings. The van der Waals surface area contributed by atoms with E-state index in [0.29, 0.717) is 22.8 Å². The Morgan fingerprint density at radius 3 is 2.50 bits per heavy atom. The number of nitro groups is 1. The molecule has 1 fully saturated rings. The quantitative estimate of drug-likeness (QED) is 0.578. The largest absolute Gasteiger partial charge is 0.335 e. The van der Waals surface area contributed by atoms with Crippen LogP contribution < -0.4 is 0 Å². The van der Waals surface area contributed by atoms with Gasteiger partial charge in [0.25, 0.3) is 11.6 Å². The van der Waals surface area contributed by atoms with Crippen LogP contribution in [-0.4, -0.2) is 46.8 Å². The molecule has 1 aromatic heterocycles. The number of piperazine rings is 1. The predicted molar refractivity (Wildman–Crippen MR) is 103 cm³/mol. The van der Waals surface area contributed by atoms with E-state index >= 15 is 0 Å². The smallest absolute Gasteiger partial charge is 0.283 e. The molecule has 1 amide bonds. The molecule has 3 rings (SSSR count). The Hall–Kier alpha value is -1.96. The molecule has 1 unspecified atom stereocenters. The van der Waals surface area contributed by atoms with Gasteiger partial charge >= 0.3 is 0 Å². The number of thiophene rings is 1. The molecule has 0 radical (unpaired) electrons. The Morgan fingerprint density at radius 1 is 1.27 bits per heavy atom. The molecular formula is C18H20ClN3O3S. The first-order valence-electron chi connectivity index (χ1n) is 8.41. The van der Waals surface area contributed by atoms with Crippen LogP contribution in [0.15, 0.2) is 30.3 Å². The van der Waals surface area contributed by atoms with Crippen molar-refractivity contribution in [3.8, 4) is 0 Å². The Kier molecular flexibility index (Phi) is 5.60. The highest BCUT2D eigenvalue weighted by Crippen LogP contribution is 2.30. The van der Waals surface area contributed by atoms with Crippen LogP contribution in [0.2, 0.25) is 5.02 Å². The van der Waals surface area contributed by atoms with Crippen LogP contribution in [0.1, 0.15) is 33.1 Å². The zero-order valence-corrected chi connectivity index (χ0v) is 16.2. The second-order valence-electron chi connectivity index (χ2n) is 6.33. The number of hydrogen-bond donors (Lipinski definition) is 0. The summed E-state index contributed by atoms with van der Waals surface area (Å²) >= 11 is 7.48. The zero-order valence-electron chi connectivity index (χ0n) is 14.6. The third kappa shape index (κ3) is 3.75. The van der Waals surface area contributed by atoms with Crippen molar-refractivity contribution in [1.29, 1.82) is 0 Å². The summed E-state index contributed by atoms with van der Waals surface area (Å²) in [4.78, 5) is 28.3. The van der Waals surface area contributed by atoms with E-state index in [1.54, 1.807) is 11.8 Å². The third-order valence-corrected chi connectivity index (χ3v) is 6.18. The number of hydrogen-bond acceptors (Lipinski definition) is 5. The normalized spacial score (nSPS) is 16.5. The molecule has 8 heteroatoms. The van der Waals surface area contributed by atoms with Gasteiger partial charge < -0.3 is 4.90 Å². The lowest BCUT2D eigenvalue weighted by Gasteiger charge is -2.38. The first-order valence-corrected chi connectivity index (χ1v) is 9.60. The van der Waals surface area contributed by atoms with Crippen molar-refractivity contribution >= 4 is 34.5 Å². The zero-order chi connectivity index (χ0) is 18.8. The minimum absolute atomic E-state index is 0.0179. The highest BCUT2D eigenvalue weighted by atomic mass is 35.5. The number of benzene rings is 1. The van der Waals surface area contributed by atoms with Gasteiger partial charge in [0.1, 0.15) is 0 Å². The van der Waals surface area contributed by atoms with Gasteiger partial charge in [-0.25, -0.2) is 0 Å². The number of halogens is 1. The molecular weight excluding hydrogens is 374 g/mol. The summed E-state index contributed by atoms with van der Waals surface area (Å²) in [6.45, 7) is 6.46. The monoisotopic (exact) mass is 393 g/mol. The summed E-state index contributed by atoms with van der Waals surface area (Å²) in [5.41, 5.74) is 1.10. The fraction of sp³-hybridized carbons (Fsp3) is 0.389. The molecule has 0 spiro atoms. The molecule has 0 bridgehead atoms. The number of aryl methyl sites for hydroxylation is 1. The van der Waals surface area contributed by atoms with Gasteiger partial charge in [-0.15, -0.1) is 11.3 Å². The lowest BCUT2D eigenvalue weighted by atomic mass is 10.1. The number of carbonyl (C=O) groups excluding carboxylic acids is 1. The van der Waals surface area contributed by atoms with Crippen molar-refractivity contribution in [3.05, 3.63) is 60.8 Å². The van der Waals surface area contributed by atoms with Crippen molar-refractivity contribution in [1.82, 2.24) is 9.80 Å². The highest BCUT2D eigenvalue weighted by molar-refractivity contribution is 7.14. The summed E-state index contributed by atoms with van der Waals surface area (Å²) in [7, 11) is 0. The van der Waals surface area contributed by atoms with E-state index in [1.165, 1.54) is 17.4 Å². The van der Waals surface area contributed by atoms with Crippen LogP contribution >= 0.6 is 22.9 Å². The van der Waals surface area contributed by atoms with Gasteiger partial charge in [-0.3, -0.25) is 19.8 Å². The van der Waals surface area contributed by atoms with Crippen LogP contribution in [-0.2, 0) is 0 Å². The number of amides is 1. The van der Waals surface area contributed by atoms with E-state index in [-0.39, 0.29) is 17.6 Å². The standard InChI is InChI=1S/C18H20ClN3O3S/c1-12(14-5-3-4-6-15(14)19)20-7-9-21(10-8-20)18(23)17-11-16(22(24)25)13(2)26-17/h3-6,11-12H,7-10H2,1-2H3. The van der Waals surface area contributed by atoms with E-state index in [4.69, 9.17) is 11.6 Å². The summed E-state index contributed by atoms with van der Waals surface area (Å²) in [6, 6.07) is 9.37. The van der Waals surface area contributed by atoms with Gasteiger partial charge in [-0.2, -0.15) is 0 Å². The predicted octanol–water partition coefficient (Wildman–Crippen LogP) is 4.14. The number of carbonyl (C=O) groups is 1. The van der Waals surface area contributed by atoms with Crippen molar-refractivity contribution in [2.24, 2.45) is 0 Å².